The number of nitrogens with one attached hydrogen (secondary N) is 1. The lowest BCUT2D eigenvalue weighted by Crippen LogP contribution is -2.45. The van der Waals surface area contributed by atoms with Crippen LogP contribution in [0.2, 0.25) is 0 Å². The van der Waals surface area contributed by atoms with Crippen molar-refractivity contribution >= 4 is 0 Å². The summed E-state index contributed by atoms with van der Waals surface area (Å²) in [6, 6.07) is 3.28. The summed E-state index contributed by atoms with van der Waals surface area (Å²) in [5.74, 6) is 0.883. The van der Waals surface area contributed by atoms with Crippen molar-refractivity contribution in [1.82, 2.24) is 15.4 Å². The molecule has 1 saturated heterocycles. The number of piperidine rings is 1. The number of likely N-dealkylation sites (tertiary alicyclic amines) is 1. The minimum absolute atomic E-state index is 0.614. The molecular weight excluding hydrogens is 202 g/mol. The zero-order valence-electron chi connectivity index (χ0n) is 10.4. The molecule has 2 unspecified atom stereocenters. The van der Waals surface area contributed by atoms with Gasteiger partial charge in [0, 0.05) is 24.7 Å². The molecule has 2 atom stereocenters. The van der Waals surface area contributed by atoms with Gasteiger partial charge in [-0.05, 0) is 40.3 Å². The van der Waals surface area contributed by atoms with E-state index in [4.69, 9.17) is 4.52 Å². The van der Waals surface area contributed by atoms with Crippen LogP contribution in [-0.2, 0) is 6.54 Å². The maximum atomic E-state index is 5.04. The number of hydrogen-bond donors (Lipinski definition) is 1. The highest BCUT2D eigenvalue weighted by Gasteiger charge is 2.22. The molecule has 16 heavy (non-hydrogen) atoms. The maximum absolute atomic E-state index is 5.04. The van der Waals surface area contributed by atoms with Gasteiger partial charge < -0.3 is 14.7 Å². The van der Waals surface area contributed by atoms with E-state index < -0.39 is 0 Å². The normalized spacial score (nSPS) is 27.2. The van der Waals surface area contributed by atoms with Crippen LogP contribution in [0.25, 0.3) is 0 Å². The Morgan fingerprint density at radius 3 is 3.06 bits per heavy atom. The third-order valence-corrected chi connectivity index (χ3v) is 3.46. The highest BCUT2D eigenvalue weighted by atomic mass is 16.5. The van der Waals surface area contributed by atoms with Crippen LogP contribution in [0.4, 0.5) is 0 Å². The quantitative estimate of drug-likeness (QED) is 0.844. The van der Waals surface area contributed by atoms with Gasteiger partial charge in [0.25, 0.3) is 0 Å². The molecule has 1 N–H and O–H groups in total. The van der Waals surface area contributed by atoms with Crippen molar-refractivity contribution in [3.63, 3.8) is 0 Å². The molecule has 0 bridgehead atoms. The molecule has 0 amide bonds. The van der Waals surface area contributed by atoms with Gasteiger partial charge in [0.1, 0.15) is 5.76 Å². The van der Waals surface area contributed by atoms with E-state index in [-0.39, 0.29) is 0 Å². The van der Waals surface area contributed by atoms with E-state index >= 15 is 0 Å². The second kappa shape index (κ2) is 4.97. The molecule has 0 saturated carbocycles. The monoisotopic (exact) mass is 223 g/mol. The first-order chi connectivity index (χ1) is 7.65. The first kappa shape index (κ1) is 11.6. The average molecular weight is 223 g/mol. The Balaban J connectivity index is 1.78. The van der Waals surface area contributed by atoms with Gasteiger partial charge in [0.2, 0.25) is 0 Å². The van der Waals surface area contributed by atoms with Crippen molar-refractivity contribution < 1.29 is 4.52 Å². The van der Waals surface area contributed by atoms with Crippen molar-refractivity contribution in [2.45, 2.75) is 45.3 Å². The van der Waals surface area contributed by atoms with Crippen molar-refractivity contribution in [1.29, 1.82) is 0 Å². The molecule has 1 aromatic heterocycles. The predicted octanol–water partition coefficient (Wildman–Crippen LogP) is 1.56. The Labute approximate surface area is 97.0 Å². The summed E-state index contributed by atoms with van der Waals surface area (Å²) in [4.78, 5) is 2.42. The topological polar surface area (TPSA) is 41.3 Å². The third-order valence-electron chi connectivity index (χ3n) is 3.46. The zero-order chi connectivity index (χ0) is 11.5. The van der Waals surface area contributed by atoms with Gasteiger partial charge in [-0.15, -0.1) is 0 Å². The molecule has 0 aliphatic carbocycles. The van der Waals surface area contributed by atoms with E-state index in [9.17, 15) is 0 Å². The summed E-state index contributed by atoms with van der Waals surface area (Å²) < 4.78 is 5.04. The predicted molar refractivity (Wildman–Crippen MR) is 63.2 cm³/mol. The van der Waals surface area contributed by atoms with E-state index in [0.29, 0.717) is 12.1 Å². The van der Waals surface area contributed by atoms with Crippen molar-refractivity contribution in [2.75, 3.05) is 13.6 Å². The Morgan fingerprint density at radius 2 is 2.44 bits per heavy atom. The van der Waals surface area contributed by atoms with Gasteiger partial charge in [0.05, 0.1) is 5.69 Å². The summed E-state index contributed by atoms with van der Waals surface area (Å²) in [5.41, 5.74) is 1.00. The van der Waals surface area contributed by atoms with E-state index in [0.717, 1.165) is 18.0 Å². The molecule has 1 aliphatic rings. The third kappa shape index (κ3) is 2.83. The van der Waals surface area contributed by atoms with Crippen LogP contribution in [0, 0.1) is 6.92 Å². The molecule has 4 heteroatoms. The lowest BCUT2D eigenvalue weighted by atomic mass is 9.99. The number of aromatic nitrogens is 1. The highest BCUT2D eigenvalue weighted by Crippen LogP contribution is 2.15. The van der Waals surface area contributed by atoms with Crippen LogP contribution in [0.3, 0.4) is 0 Å². The van der Waals surface area contributed by atoms with Crippen molar-refractivity contribution in [3.05, 3.63) is 17.5 Å². The Bertz CT molecular complexity index is 337. The van der Waals surface area contributed by atoms with Crippen LogP contribution < -0.4 is 5.32 Å². The Morgan fingerprint density at radius 1 is 1.62 bits per heavy atom. The van der Waals surface area contributed by atoms with E-state index in [1.54, 1.807) is 0 Å². The summed E-state index contributed by atoms with van der Waals surface area (Å²) in [7, 11) is 2.20. The molecule has 0 aromatic carbocycles. The zero-order valence-corrected chi connectivity index (χ0v) is 10.4. The fourth-order valence-electron chi connectivity index (χ4n) is 2.22. The SMILES string of the molecule is Cc1cc(CNC2CCN(C)C(C)C2)no1. The Hall–Kier alpha value is -0.870. The fourth-order valence-corrected chi connectivity index (χ4v) is 2.22. The van der Waals surface area contributed by atoms with Gasteiger partial charge in [-0.3, -0.25) is 0 Å². The smallest absolute Gasteiger partial charge is 0.133 e. The van der Waals surface area contributed by atoms with Crippen molar-refractivity contribution in [2.24, 2.45) is 0 Å². The summed E-state index contributed by atoms with van der Waals surface area (Å²) in [5, 5.41) is 7.54. The average Bonchev–Trinajstić information content (AvgIpc) is 2.66. The van der Waals surface area contributed by atoms with Gasteiger partial charge in [-0.2, -0.15) is 0 Å². The molecule has 1 aromatic rings. The Kier molecular flexibility index (Phi) is 3.61. The first-order valence-electron chi connectivity index (χ1n) is 6.01. The largest absolute Gasteiger partial charge is 0.361 e. The molecule has 1 fully saturated rings. The van der Waals surface area contributed by atoms with E-state index in [1.165, 1.54) is 19.4 Å². The summed E-state index contributed by atoms with van der Waals surface area (Å²) in [6.45, 7) is 6.21. The lowest BCUT2D eigenvalue weighted by Gasteiger charge is -2.35. The van der Waals surface area contributed by atoms with Gasteiger partial charge >= 0.3 is 0 Å². The van der Waals surface area contributed by atoms with Crippen LogP contribution >= 0.6 is 0 Å². The van der Waals surface area contributed by atoms with E-state index in [1.807, 2.05) is 13.0 Å². The number of rotatable bonds is 3. The van der Waals surface area contributed by atoms with Gasteiger partial charge in [-0.25, -0.2) is 0 Å². The second-order valence-corrected chi connectivity index (χ2v) is 4.86. The molecule has 4 nitrogen and oxygen atoms in total. The number of nitrogens with zero attached hydrogens (tertiary/aromatic N) is 2. The van der Waals surface area contributed by atoms with Crippen LogP contribution in [-0.4, -0.2) is 35.7 Å². The molecule has 2 heterocycles. The number of hydrogen-bond acceptors (Lipinski definition) is 4. The highest BCUT2D eigenvalue weighted by molar-refractivity contribution is 5.03. The maximum Gasteiger partial charge on any atom is 0.133 e. The van der Waals surface area contributed by atoms with Gasteiger partial charge in [0.15, 0.2) is 0 Å². The van der Waals surface area contributed by atoms with Crippen molar-refractivity contribution in [3.8, 4) is 0 Å². The fraction of sp³-hybridized carbons (Fsp3) is 0.750. The van der Waals surface area contributed by atoms with Crippen LogP contribution in [0.15, 0.2) is 10.6 Å². The molecule has 90 valence electrons. The number of aryl methyl sites for hydroxylation is 1. The van der Waals surface area contributed by atoms with Crippen LogP contribution in [0.5, 0.6) is 0 Å². The minimum Gasteiger partial charge on any atom is -0.361 e. The molecule has 0 radical (unpaired) electrons. The molecule has 1 aliphatic heterocycles. The lowest BCUT2D eigenvalue weighted by molar-refractivity contribution is 0.167. The van der Waals surface area contributed by atoms with Crippen LogP contribution in [0.1, 0.15) is 31.2 Å². The molecule has 0 spiro atoms. The first-order valence-corrected chi connectivity index (χ1v) is 6.01. The second-order valence-electron chi connectivity index (χ2n) is 4.86. The van der Waals surface area contributed by atoms with E-state index in [2.05, 4.69) is 29.3 Å². The van der Waals surface area contributed by atoms with Gasteiger partial charge in [-0.1, -0.05) is 5.16 Å². The molecular formula is C12H21N3O. The minimum atomic E-state index is 0.614. The molecule has 2 rings (SSSR count). The standard InChI is InChI=1S/C12H21N3O/c1-9-6-11(4-5-15(9)3)13-8-12-7-10(2)16-14-12/h7,9,11,13H,4-6,8H2,1-3H3. The summed E-state index contributed by atoms with van der Waals surface area (Å²) in [6.07, 6.45) is 2.44. The summed E-state index contributed by atoms with van der Waals surface area (Å²) >= 11 is 0.